The first kappa shape index (κ1) is 14.1. The van der Waals surface area contributed by atoms with Crippen molar-refractivity contribution in [2.24, 2.45) is 5.41 Å². The first-order valence-electron chi connectivity index (χ1n) is 6.81. The van der Waals surface area contributed by atoms with Gasteiger partial charge >= 0.3 is 6.03 Å². The van der Waals surface area contributed by atoms with Gasteiger partial charge in [-0.1, -0.05) is 30.7 Å². The number of urea groups is 1. The van der Waals surface area contributed by atoms with Gasteiger partial charge in [0.25, 0.3) is 0 Å². The summed E-state index contributed by atoms with van der Waals surface area (Å²) in [7, 11) is 0. The lowest BCUT2D eigenvalue weighted by atomic mass is 9.94. The van der Waals surface area contributed by atoms with Crippen molar-refractivity contribution in [1.29, 1.82) is 0 Å². The SMILES string of the molecule is CC1(CN2C(=O)NC(=O)C(c3cccc(Cl)c3)C2=O)CC1. The van der Waals surface area contributed by atoms with Crippen LogP contribution in [0, 0.1) is 5.41 Å². The maximum Gasteiger partial charge on any atom is 0.330 e. The van der Waals surface area contributed by atoms with Crippen LogP contribution < -0.4 is 5.32 Å². The lowest BCUT2D eigenvalue weighted by Gasteiger charge is -2.32. The number of hydrogen-bond acceptors (Lipinski definition) is 3. The standard InChI is InChI=1S/C15H15ClN2O3/c1-15(5-6-15)8-18-13(20)11(12(19)17-14(18)21)9-3-2-4-10(16)7-9/h2-4,7,11H,5-6,8H2,1H3,(H,17,19,21). The normalized spacial score (nSPS) is 24.0. The van der Waals surface area contributed by atoms with Crippen LogP contribution in [0.2, 0.25) is 5.02 Å². The maximum atomic E-state index is 12.6. The van der Waals surface area contributed by atoms with E-state index in [1.807, 2.05) is 6.92 Å². The molecule has 1 N–H and O–H groups in total. The fourth-order valence-corrected chi connectivity index (χ4v) is 2.69. The molecule has 4 amide bonds. The highest BCUT2D eigenvalue weighted by Crippen LogP contribution is 2.46. The second-order valence-corrected chi connectivity index (χ2v) is 6.45. The van der Waals surface area contributed by atoms with Crippen molar-refractivity contribution < 1.29 is 14.4 Å². The van der Waals surface area contributed by atoms with E-state index in [2.05, 4.69) is 5.32 Å². The molecule has 1 saturated heterocycles. The molecule has 0 aromatic heterocycles. The van der Waals surface area contributed by atoms with Crippen LogP contribution >= 0.6 is 11.6 Å². The molecule has 3 rings (SSSR count). The molecule has 5 nitrogen and oxygen atoms in total. The van der Waals surface area contributed by atoms with Crippen molar-refractivity contribution in [2.75, 3.05) is 6.54 Å². The average Bonchev–Trinajstić information content (AvgIpc) is 3.13. The number of barbiturate groups is 1. The molecule has 1 saturated carbocycles. The van der Waals surface area contributed by atoms with Crippen LogP contribution in [0.3, 0.4) is 0 Å². The van der Waals surface area contributed by atoms with E-state index in [1.54, 1.807) is 24.3 Å². The molecule has 1 unspecified atom stereocenters. The molecular weight excluding hydrogens is 292 g/mol. The average molecular weight is 307 g/mol. The van der Waals surface area contributed by atoms with Crippen molar-refractivity contribution in [2.45, 2.75) is 25.7 Å². The molecular formula is C15H15ClN2O3. The summed E-state index contributed by atoms with van der Waals surface area (Å²) in [6.07, 6.45) is 1.97. The minimum Gasteiger partial charge on any atom is -0.277 e. The third-order valence-corrected chi connectivity index (χ3v) is 4.31. The summed E-state index contributed by atoms with van der Waals surface area (Å²) in [5.41, 5.74) is 0.496. The van der Waals surface area contributed by atoms with Crippen LogP contribution in [0.25, 0.3) is 0 Å². The van der Waals surface area contributed by atoms with Gasteiger partial charge in [-0.05, 0) is 36.0 Å². The smallest absolute Gasteiger partial charge is 0.277 e. The van der Waals surface area contributed by atoms with Crippen LogP contribution in [0.4, 0.5) is 4.79 Å². The molecule has 6 heteroatoms. The third kappa shape index (κ3) is 2.65. The van der Waals surface area contributed by atoms with E-state index < -0.39 is 23.8 Å². The molecule has 1 aromatic rings. The number of halogens is 1. The number of nitrogens with one attached hydrogen (secondary N) is 1. The zero-order valence-electron chi connectivity index (χ0n) is 11.6. The van der Waals surface area contributed by atoms with Crippen molar-refractivity contribution in [3.63, 3.8) is 0 Å². The minimum absolute atomic E-state index is 0.00767. The Labute approximate surface area is 127 Å². The second-order valence-electron chi connectivity index (χ2n) is 6.02. The molecule has 2 fully saturated rings. The van der Waals surface area contributed by atoms with Crippen LogP contribution in [0.5, 0.6) is 0 Å². The first-order chi connectivity index (χ1) is 9.89. The topological polar surface area (TPSA) is 66.5 Å². The fraction of sp³-hybridized carbons (Fsp3) is 0.400. The van der Waals surface area contributed by atoms with E-state index in [-0.39, 0.29) is 5.41 Å². The van der Waals surface area contributed by atoms with Crippen molar-refractivity contribution in [3.8, 4) is 0 Å². The summed E-state index contributed by atoms with van der Waals surface area (Å²) >= 11 is 5.92. The van der Waals surface area contributed by atoms with Gasteiger partial charge in [0.2, 0.25) is 11.8 Å². The fourth-order valence-electron chi connectivity index (χ4n) is 2.50. The number of carbonyl (C=O) groups excluding carboxylic acids is 3. The Balaban J connectivity index is 1.90. The summed E-state index contributed by atoms with van der Waals surface area (Å²) in [6.45, 7) is 2.38. The molecule has 110 valence electrons. The molecule has 21 heavy (non-hydrogen) atoms. The number of nitrogens with zero attached hydrogens (tertiary/aromatic N) is 1. The van der Waals surface area contributed by atoms with Gasteiger partial charge in [0.1, 0.15) is 5.92 Å². The van der Waals surface area contributed by atoms with E-state index in [9.17, 15) is 14.4 Å². The van der Waals surface area contributed by atoms with Crippen LogP contribution in [-0.4, -0.2) is 29.3 Å². The van der Waals surface area contributed by atoms with Crippen molar-refractivity contribution >= 4 is 29.4 Å². The summed E-state index contributed by atoms with van der Waals surface area (Å²) in [5, 5.41) is 2.71. The highest BCUT2D eigenvalue weighted by molar-refractivity contribution is 6.30. The van der Waals surface area contributed by atoms with Crippen LogP contribution in [0.15, 0.2) is 24.3 Å². The Morgan fingerprint density at radius 1 is 1.33 bits per heavy atom. The van der Waals surface area contributed by atoms with Gasteiger partial charge in [0.15, 0.2) is 0 Å². The molecule has 2 aliphatic rings. The Morgan fingerprint density at radius 2 is 2.05 bits per heavy atom. The third-order valence-electron chi connectivity index (χ3n) is 4.08. The summed E-state index contributed by atoms with van der Waals surface area (Å²) in [5.74, 6) is -2.08. The monoisotopic (exact) mass is 306 g/mol. The van der Waals surface area contributed by atoms with Crippen LogP contribution in [-0.2, 0) is 9.59 Å². The number of benzene rings is 1. The van der Waals surface area contributed by atoms with Gasteiger partial charge in [-0.15, -0.1) is 0 Å². The van der Waals surface area contributed by atoms with Crippen molar-refractivity contribution in [3.05, 3.63) is 34.9 Å². The predicted octanol–water partition coefficient (Wildman–Crippen LogP) is 2.30. The maximum absolute atomic E-state index is 12.6. The van der Waals surface area contributed by atoms with Gasteiger partial charge in [0, 0.05) is 11.6 Å². The van der Waals surface area contributed by atoms with Gasteiger partial charge in [-0.3, -0.25) is 19.8 Å². The molecule has 1 aliphatic carbocycles. The van der Waals surface area contributed by atoms with E-state index in [1.165, 1.54) is 0 Å². The summed E-state index contributed by atoms with van der Waals surface area (Å²) in [4.78, 5) is 37.7. The van der Waals surface area contributed by atoms with Crippen molar-refractivity contribution in [1.82, 2.24) is 10.2 Å². The Kier molecular flexibility index (Phi) is 3.24. The predicted molar refractivity (Wildman–Crippen MR) is 76.8 cm³/mol. The first-order valence-corrected chi connectivity index (χ1v) is 7.19. The zero-order valence-corrected chi connectivity index (χ0v) is 12.3. The molecule has 1 aromatic carbocycles. The Bertz CT molecular complexity index is 640. The molecule has 0 bridgehead atoms. The number of amides is 4. The van der Waals surface area contributed by atoms with Gasteiger partial charge in [-0.2, -0.15) is 0 Å². The van der Waals surface area contributed by atoms with Gasteiger partial charge < -0.3 is 0 Å². The van der Waals surface area contributed by atoms with Gasteiger partial charge in [-0.25, -0.2) is 4.79 Å². The Morgan fingerprint density at radius 3 is 2.67 bits per heavy atom. The minimum atomic E-state index is -1.01. The number of imide groups is 2. The largest absolute Gasteiger partial charge is 0.330 e. The molecule has 0 spiro atoms. The van der Waals surface area contributed by atoms with E-state index in [0.717, 1.165) is 17.7 Å². The molecule has 1 heterocycles. The lowest BCUT2D eigenvalue weighted by molar-refractivity contribution is -0.139. The van der Waals surface area contributed by atoms with Gasteiger partial charge in [0.05, 0.1) is 0 Å². The summed E-state index contributed by atoms with van der Waals surface area (Å²) in [6, 6.07) is 5.97. The molecule has 1 atom stereocenters. The molecule has 1 aliphatic heterocycles. The number of hydrogen-bond donors (Lipinski definition) is 1. The number of rotatable bonds is 3. The quantitative estimate of drug-likeness (QED) is 0.871. The Hall–Kier alpha value is -1.88. The zero-order chi connectivity index (χ0) is 15.2. The number of carbonyl (C=O) groups is 3. The van der Waals surface area contributed by atoms with Crippen LogP contribution in [0.1, 0.15) is 31.2 Å². The second kappa shape index (κ2) is 4.84. The van der Waals surface area contributed by atoms with E-state index in [0.29, 0.717) is 17.1 Å². The van der Waals surface area contributed by atoms with E-state index in [4.69, 9.17) is 11.6 Å². The lowest BCUT2D eigenvalue weighted by Crippen LogP contribution is -2.57. The molecule has 0 radical (unpaired) electrons. The summed E-state index contributed by atoms with van der Waals surface area (Å²) < 4.78 is 0. The highest BCUT2D eigenvalue weighted by atomic mass is 35.5. The highest BCUT2D eigenvalue weighted by Gasteiger charge is 2.47. The van der Waals surface area contributed by atoms with E-state index >= 15 is 0 Å².